The lowest BCUT2D eigenvalue weighted by molar-refractivity contribution is -0.143. The molecule has 21 heavy (non-hydrogen) atoms. The minimum absolute atomic E-state index is 0.0679. The fourth-order valence-electron chi connectivity index (χ4n) is 2.75. The van der Waals surface area contributed by atoms with Crippen molar-refractivity contribution in [3.05, 3.63) is 21.9 Å². The predicted molar refractivity (Wildman–Crippen MR) is 82.9 cm³/mol. The van der Waals surface area contributed by atoms with Gasteiger partial charge in [-0.05, 0) is 31.9 Å². The van der Waals surface area contributed by atoms with Crippen LogP contribution in [-0.2, 0) is 4.79 Å². The Balaban J connectivity index is 2.00. The van der Waals surface area contributed by atoms with Gasteiger partial charge < -0.3 is 10.0 Å². The number of carboxylic acid groups (broad SMARTS) is 1. The standard InChI is InChI=1S/C15H22N2O3S/c1-3-12(15(19)20)16-7-4-8-17(10-9-16)14(18)13-6-5-11(2)21-13/h5-6,12H,3-4,7-10H2,1-2H3,(H,19,20). The first-order valence-corrected chi connectivity index (χ1v) is 8.17. The molecule has 0 saturated carbocycles. The maximum atomic E-state index is 12.4. The normalized spacial score (nSPS) is 18.3. The molecule has 1 amide bonds. The van der Waals surface area contributed by atoms with Crippen LogP contribution < -0.4 is 0 Å². The van der Waals surface area contributed by atoms with Crippen LogP contribution in [0.1, 0.15) is 34.3 Å². The largest absolute Gasteiger partial charge is 0.480 e. The third-order valence-electron chi connectivity index (χ3n) is 3.88. The Bertz CT molecular complexity index is 515. The van der Waals surface area contributed by atoms with Crippen molar-refractivity contribution < 1.29 is 14.7 Å². The van der Waals surface area contributed by atoms with E-state index < -0.39 is 12.0 Å². The number of aliphatic carboxylic acids is 1. The number of hydrogen-bond donors (Lipinski definition) is 1. The molecule has 1 unspecified atom stereocenters. The number of rotatable bonds is 4. The topological polar surface area (TPSA) is 60.9 Å². The summed E-state index contributed by atoms with van der Waals surface area (Å²) >= 11 is 1.51. The van der Waals surface area contributed by atoms with Gasteiger partial charge >= 0.3 is 5.97 Å². The Kier molecular flexibility index (Phi) is 5.36. The van der Waals surface area contributed by atoms with Gasteiger partial charge in [-0.3, -0.25) is 14.5 Å². The molecule has 0 spiro atoms. The Hall–Kier alpha value is -1.40. The molecular weight excluding hydrogens is 288 g/mol. The average Bonchev–Trinajstić information content (AvgIpc) is 2.73. The van der Waals surface area contributed by atoms with E-state index in [0.29, 0.717) is 26.1 Å². The van der Waals surface area contributed by atoms with Crippen molar-refractivity contribution in [3.63, 3.8) is 0 Å². The van der Waals surface area contributed by atoms with Crippen LogP contribution in [0.25, 0.3) is 0 Å². The lowest BCUT2D eigenvalue weighted by Gasteiger charge is -2.26. The molecular formula is C15H22N2O3S. The van der Waals surface area contributed by atoms with Crippen LogP contribution in [0.5, 0.6) is 0 Å². The smallest absolute Gasteiger partial charge is 0.320 e. The van der Waals surface area contributed by atoms with Crippen LogP contribution in [0.4, 0.5) is 0 Å². The van der Waals surface area contributed by atoms with Crippen molar-refractivity contribution in [1.82, 2.24) is 9.80 Å². The number of nitrogens with zero attached hydrogens (tertiary/aromatic N) is 2. The van der Waals surface area contributed by atoms with E-state index in [0.717, 1.165) is 22.7 Å². The lowest BCUT2D eigenvalue weighted by Crippen LogP contribution is -2.43. The zero-order valence-corrected chi connectivity index (χ0v) is 13.4. The number of hydrogen-bond acceptors (Lipinski definition) is 4. The molecule has 2 heterocycles. The first-order valence-electron chi connectivity index (χ1n) is 7.35. The second-order valence-electron chi connectivity index (χ2n) is 5.35. The van der Waals surface area contributed by atoms with Crippen LogP contribution in [0.15, 0.2) is 12.1 Å². The minimum atomic E-state index is -0.772. The number of aryl methyl sites for hydroxylation is 1. The van der Waals surface area contributed by atoms with E-state index in [1.54, 1.807) is 0 Å². The Morgan fingerprint density at radius 1 is 1.29 bits per heavy atom. The van der Waals surface area contributed by atoms with Gasteiger partial charge in [-0.25, -0.2) is 0 Å². The quantitative estimate of drug-likeness (QED) is 0.925. The molecule has 0 aliphatic carbocycles. The van der Waals surface area contributed by atoms with Crippen molar-refractivity contribution in [2.24, 2.45) is 0 Å². The van der Waals surface area contributed by atoms with Gasteiger partial charge in [0.15, 0.2) is 0 Å². The summed E-state index contributed by atoms with van der Waals surface area (Å²) in [6.45, 7) is 6.53. The van der Waals surface area contributed by atoms with E-state index in [1.807, 2.05) is 35.8 Å². The molecule has 6 heteroatoms. The number of carbonyl (C=O) groups excluding carboxylic acids is 1. The minimum Gasteiger partial charge on any atom is -0.480 e. The van der Waals surface area contributed by atoms with Crippen LogP contribution in [0, 0.1) is 6.92 Å². The molecule has 116 valence electrons. The third kappa shape index (κ3) is 3.83. The van der Waals surface area contributed by atoms with Gasteiger partial charge in [0, 0.05) is 31.1 Å². The lowest BCUT2D eigenvalue weighted by atomic mass is 10.2. The molecule has 1 atom stereocenters. The van der Waals surface area contributed by atoms with Gasteiger partial charge in [-0.15, -0.1) is 11.3 Å². The van der Waals surface area contributed by atoms with Crippen molar-refractivity contribution in [1.29, 1.82) is 0 Å². The Labute approximate surface area is 129 Å². The average molecular weight is 310 g/mol. The molecule has 0 aromatic carbocycles. The van der Waals surface area contributed by atoms with E-state index in [9.17, 15) is 14.7 Å². The molecule has 1 aliphatic heterocycles. The summed E-state index contributed by atoms with van der Waals surface area (Å²) in [5.74, 6) is -0.704. The molecule has 0 radical (unpaired) electrons. The first-order chi connectivity index (χ1) is 10.0. The monoisotopic (exact) mass is 310 g/mol. The van der Waals surface area contributed by atoms with Crippen LogP contribution in [-0.4, -0.2) is 59.0 Å². The van der Waals surface area contributed by atoms with Gasteiger partial charge in [0.1, 0.15) is 6.04 Å². The number of thiophene rings is 1. The van der Waals surface area contributed by atoms with Crippen molar-refractivity contribution >= 4 is 23.2 Å². The van der Waals surface area contributed by atoms with Crippen molar-refractivity contribution in [3.8, 4) is 0 Å². The number of carboxylic acids is 1. The molecule has 1 aromatic rings. The molecule has 0 bridgehead atoms. The molecule has 1 N–H and O–H groups in total. The summed E-state index contributed by atoms with van der Waals surface area (Å²) in [6.07, 6.45) is 1.41. The first kappa shape index (κ1) is 16.0. The van der Waals surface area contributed by atoms with E-state index >= 15 is 0 Å². The summed E-state index contributed by atoms with van der Waals surface area (Å²) in [4.78, 5) is 29.4. The molecule has 1 aromatic heterocycles. The second-order valence-corrected chi connectivity index (χ2v) is 6.64. The summed E-state index contributed by atoms with van der Waals surface area (Å²) < 4.78 is 0. The van der Waals surface area contributed by atoms with Crippen molar-refractivity contribution in [2.45, 2.75) is 32.7 Å². The molecule has 1 fully saturated rings. The third-order valence-corrected chi connectivity index (χ3v) is 4.87. The maximum absolute atomic E-state index is 12.4. The van der Waals surface area contributed by atoms with E-state index in [2.05, 4.69) is 0 Å². The molecule has 2 rings (SSSR count). The molecule has 5 nitrogen and oxygen atoms in total. The van der Waals surface area contributed by atoms with Gasteiger partial charge in [-0.1, -0.05) is 6.92 Å². The summed E-state index contributed by atoms with van der Waals surface area (Å²) in [5.41, 5.74) is 0. The summed E-state index contributed by atoms with van der Waals surface area (Å²) in [5, 5.41) is 9.25. The zero-order chi connectivity index (χ0) is 15.4. The zero-order valence-electron chi connectivity index (χ0n) is 12.5. The van der Waals surface area contributed by atoms with E-state index in [-0.39, 0.29) is 5.91 Å². The summed E-state index contributed by atoms with van der Waals surface area (Å²) in [6, 6.07) is 3.39. The van der Waals surface area contributed by atoms with Gasteiger partial charge in [-0.2, -0.15) is 0 Å². The molecule has 1 aliphatic rings. The van der Waals surface area contributed by atoms with Gasteiger partial charge in [0.05, 0.1) is 4.88 Å². The molecule has 1 saturated heterocycles. The summed E-state index contributed by atoms with van der Waals surface area (Å²) in [7, 11) is 0. The van der Waals surface area contributed by atoms with E-state index in [4.69, 9.17) is 0 Å². The highest BCUT2D eigenvalue weighted by Crippen LogP contribution is 2.19. The van der Waals surface area contributed by atoms with E-state index in [1.165, 1.54) is 11.3 Å². The van der Waals surface area contributed by atoms with Crippen LogP contribution in [0.3, 0.4) is 0 Å². The number of carbonyl (C=O) groups is 2. The fraction of sp³-hybridized carbons (Fsp3) is 0.600. The Morgan fingerprint density at radius 2 is 2.05 bits per heavy atom. The van der Waals surface area contributed by atoms with Crippen molar-refractivity contribution in [2.75, 3.05) is 26.2 Å². The highest BCUT2D eigenvalue weighted by molar-refractivity contribution is 7.13. The highest BCUT2D eigenvalue weighted by Gasteiger charge is 2.27. The van der Waals surface area contributed by atoms with Crippen LogP contribution >= 0.6 is 11.3 Å². The SMILES string of the molecule is CCC(C(=O)O)N1CCCN(C(=O)c2ccc(C)s2)CC1. The van der Waals surface area contributed by atoms with Gasteiger partial charge in [0.2, 0.25) is 0 Å². The fourth-order valence-corrected chi connectivity index (χ4v) is 3.58. The number of amides is 1. The maximum Gasteiger partial charge on any atom is 0.320 e. The second kappa shape index (κ2) is 7.04. The Morgan fingerprint density at radius 3 is 2.62 bits per heavy atom. The predicted octanol–water partition coefficient (Wildman–Crippen LogP) is 2.07. The van der Waals surface area contributed by atoms with Gasteiger partial charge in [0.25, 0.3) is 5.91 Å². The van der Waals surface area contributed by atoms with Crippen LogP contribution in [0.2, 0.25) is 0 Å². The highest BCUT2D eigenvalue weighted by atomic mass is 32.1.